The number of amides is 1. The zero-order valence-corrected chi connectivity index (χ0v) is 9.62. The Morgan fingerprint density at radius 2 is 2.19 bits per heavy atom. The summed E-state index contributed by atoms with van der Waals surface area (Å²) in [5, 5.41) is 3.37. The Labute approximate surface area is 99.0 Å². The number of thiocarbonyl (C=S) groups is 1. The average molecular weight is 233 g/mol. The number of nitrogens with zero attached hydrogens (tertiary/aromatic N) is 2. The number of pyridine rings is 1. The molecule has 0 spiro atoms. The average Bonchev–Trinajstić information content (AvgIpc) is 2.55. The molecule has 1 N–H and O–H groups in total. The molecule has 2 rings (SSSR count). The lowest BCUT2D eigenvalue weighted by Crippen LogP contribution is -2.30. The Bertz CT molecular complexity index is 456. The van der Waals surface area contributed by atoms with Gasteiger partial charge in [0.25, 0.3) is 5.91 Å². The van der Waals surface area contributed by atoms with E-state index in [1.807, 2.05) is 19.1 Å². The number of hydrogen-bond acceptors (Lipinski definition) is 3. The lowest BCUT2D eigenvalue weighted by Gasteiger charge is -2.08. The van der Waals surface area contributed by atoms with Gasteiger partial charge in [0.15, 0.2) is 5.11 Å². The maximum atomic E-state index is 11.8. The van der Waals surface area contributed by atoms with E-state index in [2.05, 4.69) is 10.3 Å². The summed E-state index contributed by atoms with van der Waals surface area (Å²) in [4.78, 5) is 17.3. The third-order valence-corrected chi connectivity index (χ3v) is 2.62. The van der Waals surface area contributed by atoms with Gasteiger partial charge < -0.3 is 5.32 Å². The van der Waals surface area contributed by atoms with Crippen molar-refractivity contribution in [2.24, 2.45) is 0 Å². The molecule has 1 aliphatic rings. The predicted octanol–water partition coefficient (Wildman–Crippen LogP) is 1.16. The summed E-state index contributed by atoms with van der Waals surface area (Å²) >= 11 is 5.05. The highest BCUT2D eigenvalue weighted by molar-refractivity contribution is 7.80. The zero-order chi connectivity index (χ0) is 11.5. The van der Waals surface area contributed by atoms with Crippen molar-refractivity contribution in [2.45, 2.75) is 6.92 Å². The summed E-state index contributed by atoms with van der Waals surface area (Å²) in [6.07, 6.45) is 5.13. The summed E-state index contributed by atoms with van der Waals surface area (Å²) in [6.45, 7) is 2.47. The van der Waals surface area contributed by atoms with Crippen LogP contribution in [0.5, 0.6) is 0 Å². The first-order valence-electron chi connectivity index (χ1n) is 4.97. The monoisotopic (exact) mass is 233 g/mol. The number of carbonyl (C=O) groups excluding carboxylic acids is 1. The Hall–Kier alpha value is -1.75. The minimum Gasteiger partial charge on any atom is -0.328 e. The van der Waals surface area contributed by atoms with E-state index in [1.165, 1.54) is 4.90 Å². The molecule has 0 bridgehead atoms. The van der Waals surface area contributed by atoms with Crippen LogP contribution >= 0.6 is 12.2 Å². The molecular formula is C11H11N3OS. The minimum atomic E-state index is -0.0793. The van der Waals surface area contributed by atoms with Crippen molar-refractivity contribution < 1.29 is 4.79 Å². The summed E-state index contributed by atoms with van der Waals surface area (Å²) in [5.41, 5.74) is 1.43. The Morgan fingerprint density at radius 1 is 1.50 bits per heavy atom. The van der Waals surface area contributed by atoms with Crippen molar-refractivity contribution in [2.75, 3.05) is 6.54 Å². The number of likely N-dealkylation sites (N-methyl/N-ethyl adjacent to an activating group) is 1. The van der Waals surface area contributed by atoms with E-state index < -0.39 is 0 Å². The van der Waals surface area contributed by atoms with E-state index in [9.17, 15) is 4.79 Å². The highest BCUT2D eigenvalue weighted by atomic mass is 32.1. The lowest BCUT2D eigenvalue weighted by molar-refractivity contribution is -0.122. The van der Waals surface area contributed by atoms with Crippen LogP contribution in [0.2, 0.25) is 0 Å². The first-order chi connectivity index (χ1) is 7.72. The van der Waals surface area contributed by atoms with E-state index in [1.54, 1.807) is 18.5 Å². The molecule has 1 fully saturated rings. The maximum absolute atomic E-state index is 11.8. The summed E-state index contributed by atoms with van der Waals surface area (Å²) in [7, 11) is 0. The predicted molar refractivity (Wildman–Crippen MR) is 65.3 cm³/mol. The lowest BCUT2D eigenvalue weighted by atomic mass is 10.2. The van der Waals surface area contributed by atoms with E-state index >= 15 is 0 Å². The van der Waals surface area contributed by atoms with Crippen LogP contribution in [0.4, 0.5) is 0 Å². The summed E-state index contributed by atoms with van der Waals surface area (Å²) in [5.74, 6) is -0.0793. The number of rotatable bonds is 2. The van der Waals surface area contributed by atoms with Crippen LogP contribution < -0.4 is 5.32 Å². The molecule has 0 saturated carbocycles. The summed E-state index contributed by atoms with van der Waals surface area (Å²) in [6, 6.07) is 3.67. The van der Waals surface area contributed by atoms with E-state index in [0.717, 1.165) is 5.56 Å². The van der Waals surface area contributed by atoms with Crippen molar-refractivity contribution >= 4 is 29.3 Å². The van der Waals surface area contributed by atoms with Crippen molar-refractivity contribution in [3.8, 4) is 0 Å². The number of nitrogens with one attached hydrogen (secondary N) is 1. The topological polar surface area (TPSA) is 45.2 Å². The van der Waals surface area contributed by atoms with Crippen molar-refractivity contribution in [1.82, 2.24) is 15.2 Å². The second-order valence-corrected chi connectivity index (χ2v) is 3.70. The molecule has 82 valence electrons. The number of hydrogen-bond donors (Lipinski definition) is 1. The molecule has 16 heavy (non-hydrogen) atoms. The van der Waals surface area contributed by atoms with Gasteiger partial charge in [-0.3, -0.25) is 14.7 Å². The van der Waals surface area contributed by atoms with Crippen LogP contribution in [-0.2, 0) is 4.79 Å². The van der Waals surface area contributed by atoms with Crippen LogP contribution in [0.3, 0.4) is 0 Å². The van der Waals surface area contributed by atoms with Gasteiger partial charge >= 0.3 is 0 Å². The molecule has 4 nitrogen and oxygen atoms in total. The number of carbonyl (C=O) groups is 1. The molecule has 0 aromatic carbocycles. The third kappa shape index (κ3) is 1.94. The largest absolute Gasteiger partial charge is 0.328 e. The number of aromatic nitrogens is 1. The molecule has 1 saturated heterocycles. The van der Waals surface area contributed by atoms with Crippen LogP contribution in [0, 0.1) is 0 Å². The van der Waals surface area contributed by atoms with Gasteiger partial charge in [-0.1, -0.05) is 0 Å². The second kappa shape index (κ2) is 4.40. The fourth-order valence-electron chi connectivity index (χ4n) is 1.49. The van der Waals surface area contributed by atoms with Gasteiger partial charge in [-0.05, 0) is 42.9 Å². The van der Waals surface area contributed by atoms with E-state index in [-0.39, 0.29) is 5.91 Å². The smallest absolute Gasteiger partial charge is 0.276 e. The molecule has 0 atom stereocenters. The normalized spacial score (nSPS) is 18.1. The maximum Gasteiger partial charge on any atom is 0.276 e. The van der Waals surface area contributed by atoms with Gasteiger partial charge in [0, 0.05) is 18.9 Å². The Kier molecular flexibility index (Phi) is 2.96. The fourth-order valence-corrected chi connectivity index (χ4v) is 1.81. The van der Waals surface area contributed by atoms with E-state index in [0.29, 0.717) is 17.4 Å². The van der Waals surface area contributed by atoms with Gasteiger partial charge in [-0.2, -0.15) is 0 Å². The van der Waals surface area contributed by atoms with Gasteiger partial charge in [-0.25, -0.2) is 0 Å². The first-order valence-corrected chi connectivity index (χ1v) is 5.37. The highest BCUT2D eigenvalue weighted by Gasteiger charge is 2.28. The molecule has 1 amide bonds. The van der Waals surface area contributed by atoms with Crippen molar-refractivity contribution in [3.05, 3.63) is 35.8 Å². The molecule has 1 aromatic rings. The fraction of sp³-hybridized carbons (Fsp3) is 0.182. The second-order valence-electron chi connectivity index (χ2n) is 3.32. The highest BCUT2D eigenvalue weighted by Crippen LogP contribution is 2.13. The molecule has 0 unspecified atom stereocenters. The molecule has 1 aromatic heterocycles. The zero-order valence-electron chi connectivity index (χ0n) is 8.80. The standard InChI is InChI=1S/C11H11N3OS/c1-2-14-10(15)9(13-11(14)16)7-8-3-5-12-6-4-8/h3-7H,2H2,1H3,(H,13,16)/b9-7-. The Morgan fingerprint density at radius 3 is 2.75 bits per heavy atom. The molecule has 1 aliphatic heterocycles. The van der Waals surface area contributed by atoms with E-state index in [4.69, 9.17) is 12.2 Å². The van der Waals surface area contributed by atoms with Crippen LogP contribution in [0.25, 0.3) is 6.08 Å². The Balaban J connectivity index is 2.27. The molecule has 0 radical (unpaired) electrons. The van der Waals surface area contributed by atoms with Gasteiger partial charge in [0.1, 0.15) is 5.70 Å². The quantitative estimate of drug-likeness (QED) is 0.615. The van der Waals surface area contributed by atoms with Gasteiger partial charge in [0.2, 0.25) is 0 Å². The van der Waals surface area contributed by atoms with Crippen molar-refractivity contribution in [3.63, 3.8) is 0 Å². The molecular weight excluding hydrogens is 222 g/mol. The van der Waals surface area contributed by atoms with Crippen molar-refractivity contribution in [1.29, 1.82) is 0 Å². The van der Waals surface area contributed by atoms with Crippen LogP contribution in [0.15, 0.2) is 30.2 Å². The summed E-state index contributed by atoms with van der Waals surface area (Å²) < 4.78 is 0. The minimum absolute atomic E-state index is 0.0793. The molecule has 0 aliphatic carbocycles. The molecule has 5 heteroatoms. The van der Waals surface area contributed by atoms with Crippen LogP contribution in [0.1, 0.15) is 12.5 Å². The SMILES string of the molecule is CCN1C(=O)/C(=C/c2ccncc2)NC1=S. The van der Waals surface area contributed by atoms with Crippen LogP contribution in [-0.4, -0.2) is 27.4 Å². The third-order valence-electron chi connectivity index (χ3n) is 2.30. The van der Waals surface area contributed by atoms with Gasteiger partial charge in [0.05, 0.1) is 0 Å². The molecule has 2 heterocycles. The van der Waals surface area contributed by atoms with Gasteiger partial charge in [-0.15, -0.1) is 0 Å². The first kappa shape index (κ1) is 10.8.